The Labute approximate surface area is 113 Å². The third kappa shape index (κ3) is 2.26. The van der Waals surface area contributed by atoms with Gasteiger partial charge >= 0.3 is 0 Å². The molecule has 0 saturated carbocycles. The first-order chi connectivity index (χ1) is 9.24. The van der Waals surface area contributed by atoms with Crippen LogP contribution in [0.25, 0.3) is 0 Å². The van der Waals surface area contributed by atoms with E-state index in [0.29, 0.717) is 18.5 Å². The van der Waals surface area contributed by atoms with E-state index in [1.807, 2.05) is 18.2 Å². The summed E-state index contributed by atoms with van der Waals surface area (Å²) in [4.78, 5) is 0. The van der Waals surface area contributed by atoms with Crippen molar-refractivity contribution < 1.29 is 14.2 Å². The predicted molar refractivity (Wildman–Crippen MR) is 76.1 cm³/mol. The van der Waals surface area contributed by atoms with Crippen LogP contribution in [0.3, 0.4) is 0 Å². The maximum atomic E-state index is 13.2. The van der Waals surface area contributed by atoms with Crippen LogP contribution >= 0.6 is 7.37 Å². The molecule has 1 aromatic carbocycles. The van der Waals surface area contributed by atoms with Gasteiger partial charge in [0, 0.05) is 18.7 Å². The fourth-order valence-electron chi connectivity index (χ4n) is 3.18. The summed E-state index contributed by atoms with van der Waals surface area (Å²) in [5.41, 5.74) is 1.27. The molecule has 0 bridgehead atoms. The molecule has 0 amide bonds. The van der Waals surface area contributed by atoms with Gasteiger partial charge in [0.1, 0.15) is 5.75 Å². The number of fused-ring (bicyclic) bond motifs is 3. The minimum atomic E-state index is -2.71. The molecular weight excluding hydrogens is 259 g/mol. The molecule has 3 rings (SSSR count). The number of benzene rings is 1. The summed E-state index contributed by atoms with van der Waals surface area (Å²) in [6.45, 7) is 0.0716. The van der Waals surface area contributed by atoms with Gasteiger partial charge in [-0.15, -0.1) is 0 Å². The van der Waals surface area contributed by atoms with Crippen LogP contribution in [-0.4, -0.2) is 23.5 Å². The highest BCUT2D eigenvalue weighted by atomic mass is 31.2. The first-order valence-electron chi connectivity index (χ1n) is 6.88. The second kappa shape index (κ2) is 5.15. The largest absolute Gasteiger partial charge is 0.442 e. The van der Waals surface area contributed by atoms with E-state index in [-0.39, 0.29) is 12.3 Å². The number of allylic oxidation sites excluding steroid dienone is 2. The molecule has 4 heteroatoms. The van der Waals surface area contributed by atoms with Gasteiger partial charge in [-0.2, -0.15) is 0 Å². The highest BCUT2D eigenvalue weighted by molar-refractivity contribution is 7.60. The molecule has 0 spiro atoms. The van der Waals surface area contributed by atoms with Crippen molar-refractivity contribution >= 4 is 7.37 Å². The Morgan fingerprint density at radius 3 is 2.89 bits per heavy atom. The van der Waals surface area contributed by atoms with Crippen LogP contribution in [0.5, 0.6) is 5.75 Å². The first kappa shape index (κ1) is 13.0. The van der Waals surface area contributed by atoms with E-state index in [0.717, 1.165) is 18.6 Å². The van der Waals surface area contributed by atoms with Gasteiger partial charge in [-0.05, 0) is 30.9 Å². The van der Waals surface area contributed by atoms with Crippen molar-refractivity contribution in [2.75, 3.05) is 12.8 Å². The molecule has 0 saturated heterocycles. The van der Waals surface area contributed by atoms with Gasteiger partial charge in [0.15, 0.2) is 0 Å². The quantitative estimate of drug-likeness (QED) is 0.679. The second-order valence-electron chi connectivity index (χ2n) is 5.27. The maximum Gasteiger partial charge on any atom is 0.251 e. The normalized spacial score (nSPS) is 32.3. The Kier molecular flexibility index (Phi) is 3.51. The summed E-state index contributed by atoms with van der Waals surface area (Å²) >= 11 is 0. The molecule has 2 unspecified atom stereocenters. The molecule has 1 N–H and O–H groups in total. The van der Waals surface area contributed by atoms with Crippen LogP contribution in [-0.2, 0) is 4.57 Å². The van der Waals surface area contributed by atoms with Crippen molar-refractivity contribution in [1.29, 1.82) is 0 Å². The van der Waals surface area contributed by atoms with Crippen molar-refractivity contribution in [1.82, 2.24) is 0 Å². The summed E-state index contributed by atoms with van der Waals surface area (Å²) < 4.78 is 19.1. The molecule has 102 valence electrons. The van der Waals surface area contributed by atoms with Gasteiger partial charge in [0.25, 0.3) is 7.37 Å². The Balaban J connectivity index is 2.01. The molecule has 0 aromatic heterocycles. The van der Waals surface area contributed by atoms with Crippen molar-refractivity contribution in [3.8, 4) is 5.75 Å². The molecule has 2 aliphatic rings. The highest BCUT2D eigenvalue weighted by Gasteiger charge is 2.45. The Hall–Kier alpha value is -1.05. The third-order valence-electron chi connectivity index (χ3n) is 4.10. The molecular formula is C15H19O3P. The van der Waals surface area contributed by atoms with Gasteiger partial charge in [0.2, 0.25) is 0 Å². The van der Waals surface area contributed by atoms with E-state index in [1.165, 1.54) is 5.56 Å². The zero-order chi connectivity index (χ0) is 13.3. The molecule has 1 heterocycles. The van der Waals surface area contributed by atoms with E-state index in [4.69, 9.17) is 9.63 Å². The number of hydrogen-bond acceptors (Lipinski definition) is 3. The fourth-order valence-corrected chi connectivity index (χ4v) is 6.09. The van der Waals surface area contributed by atoms with Crippen molar-refractivity contribution in [3.05, 3.63) is 42.0 Å². The lowest BCUT2D eigenvalue weighted by atomic mass is 9.86. The zero-order valence-corrected chi connectivity index (χ0v) is 11.8. The van der Waals surface area contributed by atoms with Crippen molar-refractivity contribution in [2.45, 2.75) is 30.8 Å². The SMILES string of the molecule is O=[P@@]1(CCCO)Oc2ccccc2C2CC=CCC21. The van der Waals surface area contributed by atoms with E-state index in [9.17, 15) is 4.57 Å². The van der Waals surface area contributed by atoms with Crippen LogP contribution in [0.2, 0.25) is 0 Å². The lowest BCUT2D eigenvalue weighted by Gasteiger charge is -2.40. The highest BCUT2D eigenvalue weighted by Crippen LogP contribution is 2.64. The van der Waals surface area contributed by atoms with Crippen LogP contribution in [0.4, 0.5) is 0 Å². The zero-order valence-electron chi connectivity index (χ0n) is 10.9. The fraction of sp³-hybridized carbons (Fsp3) is 0.467. The standard InChI is InChI=1S/C15H19O3P/c16-10-5-11-19(17)15-9-4-2-7-13(15)12-6-1-3-8-14(12)18-19/h1-4,6,8,13,15-16H,5,7,9-11H2/t13?,15?,19-/m0/s1. The Bertz CT molecular complexity index is 538. The van der Waals surface area contributed by atoms with Gasteiger partial charge in [-0.3, -0.25) is 4.57 Å². The molecule has 19 heavy (non-hydrogen) atoms. The van der Waals surface area contributed by atoms with Crippen molar-refractivity contribution in [3.63, 3.8) is 0 Å². The average molecular weight is 278 g/mol. The molecule has 0 radical (unpaired) electrons. The summed E-state index contributed by atoms with van der Waals surface area (Å²) in [6, 6.07) is 7.94. The second-order valence-corrected chi connectivity index (χ2v) is 8.02. The molecule has 1 aromatic rings. The van der Waals surface area contributed by atoms with Gasteiger partial charge in [0.05, 0.1) is 5.66 Å². The minimum absolute atomic E-state index is 0.0716. The van der Waals surface area contributed by atoms with Gasteiger partial charge in [-0.1, -0.05) is 30.4 Å². The van der Waals surface area contributed by atoms with E-state index < -0.39 is 7.37 Å². The van der Waals surface area contributed by atoms with Crippen LogP contribution < -0.4 is 4.52 Å². The minimum Gasteiger partial charge on any atom is -0.442 e. The topological polar surface area (TPSA) is 46.5 Å². The predicted octanol–water partition coefficient (Wildman–Crippen LogP) is 3.54. The van der Waals surface area contributed by atoms with E-state index in [2.05, 4.69) is 18.2 Å². The number of rotatable bonds is 3. The smallest absolute Gasteiger partial charge is 0.251 e. The molecule has 0 fully saturated rings. The number of aliphatic hydroxyl groups excluding tert-OH is 1. The van der Waals surface area contributed by atoms with E-state index in [1.54, 1.807) is 0 Å². The summed E-state index contributed by atoms with van der Waals surface area (Å²) in [7, 11) is -2.71. The lowest BCUT2D eigenvalue weighted by molar-refractivity contribution is 0.292. The van der Waals surface area contributed by atoms with Gasteiger partial charge < -0.3 is 9.63 Å². The molecule has 1 aliphatic heterocycles. The summed E-state index contributed by atoms with van der Waals surface area (Å²) in [5.74, 6) is 1.08. The van der Waals surface area contributed by atoms with Crippen LogP contribution in [0.1, 0.15) is 30.7 Å². The molecule has 1 aliphatic carbocycles. The molecule has 3 atom stereocenters. The lowest BCUT2D eigenvalue weighted by Crippen LogP contribution is -2.29. The first-order valence-corrected chi connectivity index (χ1v) is 8.75. The summed E-state index contributed by atoms with van der Waals surface area (Å²) in [5, 5.41) is 9.01. The Morgan fingerprint density at radius 2 is 2.05 bits per heavy atom. The van der Waals surface area contributed by atoms with E-state index >= 15 is 0 Å². The maximum absolute atomic E-state index is 13.2. The monoisotopic (exact) mass is 278 g/mol. The molecule has 3 nitrogen and oxygen atoms in total. The number of aliphatic hydroxyl groups is 1. The number of hydrogen-bond donors (Lipinski definition) is 1. The van der Waals surface area contributed by atoms with Crippen LogP contribution in [0, 0.1) is 0 Å². The summed E-state index contributed by atoms with van der Waals surface area (Å²) in [6.07, 6.45) is 7.08. The Morgan fingerprint density at radius 1 is 1.26 bits per heavy atom. The number of para-hydroxylation sites is 1. The van der Waals surface area contributed by atoms with Crippen LogP contribution in [0.15, 0.2) is 36.4 Å². The average Bonchev–Trinajstić information content (AvgIpc) is 2.46. The van der Waals surface area contributed by atoms with Gasteiger partial charge in [-0.25, -0.2) is 0 Å². The third-order valence-corrected chi connectivity index (χ3v) is 7.13. The van der Waals surface area contributed by atoms with Crippen molar-refractivity contribution in [2.24, 2.45) is 0 Å².